The van der Waals surface area contributed by atoms with Gasteiger partial charge in [-0.05, 0) is 107 Å². The predicted molar refractivity (Wildman–Crippen MR) is 291 cm³/mol. The minimum absolute atomic E-state index is 0.0871. The Kier molecular flexibility index (Phi) is 15.7. The van der Waals surface area contributed by atoms with Crippen molar-refractivity contribution in [2.45, 2.75) is 147 Å². The van der Waals surface area contributed by atoms with Crippen LogP contribution in [0.25, 0.3) is 33.1 Å². The molecule has 6 aliphatic heterocycles. The number of hydrogen-bond donors (Lipinski definition) is 13. The lowest BCUT2D eigenvalue weighted by Crippen LogP contribution is -2.64. The third kappa shape index (κ3) is 10.3. The van der Waals surface area contributed by atoms with Crippen LogP contribution in [-0.2, 0) is 23.7 Å². The molecule has 27 nitrogen and oxygen atoms in total. The summed E-state index contributed by atoms with van der Waals surface area (Å²) in [6.07, 6.45) is -8.31. The molecule has 85 heavy (non-hydrogen) atoms. The highest BCUT2D eigenvalue weighted by atomic mass is 16.7. The number of carbonyl (C=O) groups excluding carboxylic acids is 1. The van der Waals surface area contributed by atoms with E-state index in [0.717, 1.165) is 76.6 Å². The molecule has 15 rings (SSSR count). The topological polar surface area (TPSA) is 401 Å². The molecule has 6 aromatic rings. The molecule has 3 aromatic heterocycles. The molecule has 6 bridgehead atoms. The second-order valence-corrected chi connectivity index (χ2v) is 23.8. The van der Waals surface area contributed by atoms with Crippen molar-refractivity contribution in [3.05, 3.63) is 107 Å². The molecule has 0 radical (unpaired) electrons. The number of carbonyl (C=O) groups is 2. The van der Waals surface area contributed by atoms with Crippen LogP contribution in [0.5, 0.6) is 0 Å². The van der Waals surface area contributed by atoms with Crippen LogP contribution in [0.1, 0.15) is 94.4 Å². The highest BCUT2D eigenvalue weighted by Crippen LogP contribution is 2.50. The van der Waals surface area contributed by atoms with Gasteiger partial charge in [0.25, 0.3) is 6.23 Å². The normalized spacial score (nSPS) is 37.0. The summed E-state index contributed by atoms with van der Waals surface area (Å²) in [7, 11) is 0. The maximum Gasteiger partial charge on any atom is 0.412 e. The number of aliphatic hydroxyl groups excluding tert-OH is 11. The number of fused-ring (bicyclic) bond motifs is 18. The van der Waals surface area contributed by atoms with Crippen LogP contribution in [0, 0.1) is 0 Å². The summed E-state index contributed by atoms with van der Waals surface area (Å²) >= 11 is 0. The molecule has 3 aromatic carbocycles. The number of piperidine rings is 3. The van der Waals surface area contributed by atoms with E-state index >= 15 is 0 Å². The molecule has 21 atom stereocenters. The smallest absolute Gasteiger partial charge is 0.412 e. The summed E-state index contributed by atoms with van der Waals surface area (Å²) in [5.74, 6) is 0.181. The largest absolute Gasteiger partial charge is 0.479 e. The first kappa shape index (κ1) is 57.8. The average molecular weight is 1180 g/mol. The number of aromatic nitrogens is 6. The Morgan fingerprint density at radius 3 is 1.49 bits per heavy atom. The SMILES string of the molecule is O=C(O)C1OC(OC(=O)N2CC3CC(C2)c2cc4nccnc4cc23)C(O)C(O)C1O.OCC1OC(N2CC3CC(C2)c2cc4nccnc4cc23)C(O)C(O)C1O.OCC1OC([n+]2ccnc3cc4c(cc32)C2CNCC4C2)C(O)C(O)C1O. The Morgan fingerprint density at radius 1 is 0.518 bits per heavy atom. The Morgan fingerprint density at radius 2 is 0.965 bits per heavy atom. The van der Waals surface area contributed by atoms with E-state index in [2.05, 4.69) is 54.5 Å². The minimum atomic E-state index is -1.85. The van der Waals surface area contributed by atoms with Crippen molar-refractivity contribution in [1.29, 1.82) is 0 Å². The number of likely N-dealkylation sites (tertiary alicyclic amines) is 2. The number of ether oxygens (including phenoxy) is 4. The lowest BCUT2D eigenvalue weighted by atomic mass is 9.92. The van der Waals surface area contributed by atoms with E-state index in [1.165, 1.54) is 27.2 Å². The fourth-order valence-electron chi connectivity index (χ4n) is 14.5. The fraction of sp³-hybridized carbons (Fsp3) is 0.552. The van der Waals surface area contributed by atoms with Gasteiger partial charge in [0.1, 0.15) is 72.8 Å². The van der Waals surface area contributed by atoms with Crippen LogP contribution >= 0.6 is 0 Å². The van der Waals surface area contributed by atoms with Crippen LogP contribution in [0.4, 0.5) is 4.79 Å². The summed E-state index contributed by atoms with van der Waals surface area (Å²) in [6, 6.07) is 12.4. The average Bonchev–Trinajstić information content (AvgIpc) is 1.96. The highest BCUT2D eigenvalue weighted by Gasteiger charge is 2.53. The molecule has 6 fully saturated rings. The van der Waals surface area contributed by atoms with Crippen LogP contribution in [0.15, 0.2) is 73.6 Å². The lowest BCUT2D eigenvalue weighted by molar-refractivity contribution is -0.757. The Hall–Kier alpha value is -6.22. The molecular formula is C58H68N9O18+. The van der Waals surface area contributed by atoms with E-state index in [9.17, 15) is 65.8 Å². The maximum atomic E-state index is 12.8. The summed E-state index contributed by atoms with van der Waals surface area (Å²) in [5.41, 5.74) is 12.3. The zero-order valence-electron chi connectivity index (χ0n) is 45.7. The molecule has 27 heteroatoms. The standard InChI is InChI=1S/C20H21N3O8.C19H24N3O5.C19H23N3O5/c24-14-15(25)17(18(27)28)30-19(16(14)26)31-20(29)23-6-8-3-9(7-23)11-5-13-12(4-10(8)11)21-1-2-22-13;23-8-15-16(24)17(25)18(26)19(27-15)22-2-1-21-13-4-11-9-3-10(7-20-6-9)12(11)5-14(13)22;23-8-15-16(24)17(25)18(26)19(27-15)22-6-9-3-10(7-22)12-5-14-13(4-11(9)12)20-1-2-21-14/h1-2,4-5,8-9,14-17,19,24-26H,3,6-7H2,(H,27,28);1-2,4-5,9-10,15-20,23-26H,3,6-8H2;1-2,4-5,9-10,15-19,23-26H,3,6-8H2/q;+1;. The van der Waals surface area contributed by atoms with Crippen molar-refractivity contribution in [3.63, 3.8) is 0 Å². The molecule has 6 saturated heterocycles. The van der Waals surface area contributed by atoms with E-state index in [0.29, 0.717) is 38.0 Å². The summed E-state index contributed by atoms with van der Waals surface area (Å²) in [5, 5.41) is 123. The molecule has 13 N–H and O–H groups in total. The van der Waals surface area contributed by atoms with E-state index in [1.54, 1.807) is 41.7 Å². The molecule has 1 amide bonds. The second-order valence-electron chi connectivity index (χ2n) is 23.8. The number of carboxylic acid groups (broad SMARTS) is 1. The molecule has 452 valence electrons. The Bertz CT molecular complexity index is 3400. The summed E-state index contributed by atoms with van der Waals surface area (Å²) in [4.78, 5) is 49.5. The van der Waals surface area contributed by atoms with E-state index in [1.807, 2.05) is 17.0 Å². The van der Waals surface area contributed by atoms with Gasteiger partial charge in [0, 0.05) is 82.0 Å². The van der Waals surface area contributed by atoms with Crippen LogP contribution < -0.4 is 9.88 Å². The number of carboxylic acids is 1. The van der Waals surface area contributed by atoms with Crippen LogP contribution in [0.2, 0.25) is 0 Å². The summed E-state index contributed by atoms with van der Waals surface area (Å²) in [6.45, 7) is 3.19. The highest BCUT2D eigenvalue weighted by molar-refractivity contribution is 5.79. The summed E-state index contributed by atoms with van der Waals surface area (Å²) < 4.78 is 23.5. The number of aliphatic carboxylic acids is 1. The van der Waals surface area contributed by atoms with Gasteiger partial charge < -0.3 is 90.4 Å². The number of rotatable bonds is 6. The van der Waals surface area contributed by atoms with Crippen molar-refractivity contribution in [2.75, 3.05) is 52.5 Å². The van der Waals surface area contributed by atoms with Gasteiger partial charge in [0.15, 0.2) is 18.4 Å². The second kappa shape index (κ2) is 23.1. The minimum Gasteiger partial charge on any atom is -0.479 e. The monoisotopic (exact) mass is 1180 g/mol. The number of benzene rings is 3. The van der Waals surface area contributed by atoms with Gasteiger partial charge in [-0.15, -0.1) is 0 Å². The van der Waals surface area contributed by atoms with Gasteiger partial charge in [-0.3, -0.25) is 24.8 Å². The number of nitrogens with zero attached hydrogens (tertiary/aromatic N) is 8. The first-order chi connectivity index (χ1) is 41.0. The zero-order valence-corrected chi connectivity index (χ0v) is 45.7. The lowest BCUT2D eigenvalue weighted by Gasteiger charge is -2.46. The maximum absolute atomic E-state index is 12.8. The van der Waals surface area contributed by atoms with Crippen molar-refractivity contribution in [3.8, 4) is 0 Å². The molecule has 21 unspecified atom stereocenters. The molecule has 3 aliphatic carbocycles. The van der Waals surface area contributed by atoms with Crippen LogP contribution in [-0.4, -0.2) is 246 Å². The number of nitrogens with one attached hydrogen (secondary N) is 1. The Labute approximate surface area is 484 Å². The van der Waals surface area contributed by atoms with Crippen molar-refractivity contribution >= 4 is 45.2 Å². The number of aliphatic hydroxyl groups is 11. The fourth-order valence-corrected chi connectivity index (χ4v) is 14.5. The molecule has 9 heterocycles. The quantitative estimate of drug-likeness (QED) is 0.0769. The Balaban J connectivity index is 0.000000119. The molecule has 9 aliphatic rings. The van der Waals surface area contributed by atoms with Crippen molar-refractivity contribution in [2.24, 2.45) is 0 Å². The zero-order chi connectivity index (χ0) is 59.3. The predicted octanol–water partition coefficient (Wildman–Crippen LogP) is -2.47. The van der Waals surface area contributed by atoms with Gasteiger partial charge in [0.2, 0.25) is 11.8 Å². The first-order valence-electron chi connectivity index (χ1n) is 28.7. The third-order valence-electron chi connectivity index (χ3n) is 18.8. The molecule has 0 spiro atoms. The molecule has 0 saturated carbocycles. The van der Waals surface area contributed by atoms with Crippen molar-refractivity contribution < 1.29 is 94.4 Å². The van der Waals surface area contributed by atoms with Crippen molar-refractivity contribution in [1.82, 2.24) is 40.0 Å². The van der Waals surface area contributed by atoms with Gasteiger partial charge in [0.05, 0.1) is 41.5 Å². The van der Waals surface area contributed by atoms with Gasteiger partial charge in [-0.25, -0.2) is 14.6 Å². The van der Waals surface area contributed by atoms with Gasteiger partial charge in [-0.1, -0.05) is 0 Å². The number of amides is 1. The number of hydrogen-bond acceptors (Lipinski definition) is 24. The molecular weight excluding hydrogens is 1110 g/mol. The van der Waals surface area contributed by atoms with Gasteiger partial charge >= 0.3 is 12.1 Å². The van der Waals surface area contributed by atoms with E-state index in [-0.39, 0.29) is 23.7 Å². The first-order valence-corrected chi connectivity index (χ1v) is 28.7. The van der Waals surface area contributed by atoms with E-state index < -0.39 is 117 Å². The van der Waals surface area contributed by atoms with E-state index in [4.69, 9.17) is 24.1 Å². The third-order valence-corrected chi connectivity index (χ3v) is 18.8. The van der Waals surface area contributed by atoms with Crippen LogP contribution in [0.3, 0.4) is 0 Å². The van der Waals surface area contributed by atoms with Gasteiger partial charge in [-0.2, -0.15) is 4.57 Å².